The van der Waals surface area contributed by atoms with Crippen molar-refractivity contribution in [2.45, 2.75) is 57.1 Å². The summed E-state index contributed by atoms with van der Waals surface area (Å²) in [6.45, 7) is 7.45. The number of ether oxygens (including phenoxy) is 1. The van der Waals surface area contributed by atoms with Crippen LogP contribution in [0, 0.1) is 20.8 Å². The number of thioether (sulfide) groups is 1. The van der Waals surface area contributed by atoms with E-state index in [1.807, 2.05) is 0 Å². The van der Waals surface area contributed by atoms with Crippen molar-refractivity contribution in [2.75, 3.05) is 30.4 Å². The van der Waals surface area contributed by atoms with Gasteiger partial charge in [-0.3, -0.25) is 4.79 Å². The standard InChI is InChI=1S/C20H29NO4S2/c1-14-9-15(2)20(16(3)10-14)26-12-19(22)21(11-18-5-4-7-25-18)17-6-8-27(23,24)13-17/h9-10,17-18H,4-8,11-13H2,1-3H3. The van der Waals surface area contributed by atoms with Gasteiger partial charge in [0.15, 0.2) is 9.84 Å². The monoisotopic (exact) mass is 411 g/mol. The van der Waals surface area contributed by atoms with Gasteiger partial charge in [0.05, 0.1) is 23.4 Å². The number of nitrogens with zero attached hydrogens (tertiary/aromatic N) is 1. The molecular formula is C20H29NO4S2. The Bertz CT molecular complexity index is 777. The lowest BCUT2D eigenvalue weighted by Gasteiger charge is -2.30. The molecule has 27 heavy (non-hydrogen) atoms. The highest BCUT2D eigenvalue weighted by Gasteiger charge is 2.36. The fraction of sp³-hybridized carbons (Fsp3) is 0.650. The van der Waals surface area contributed by atoms with Crippen LogP contribution < -0.4 is 0 Å². The Labute approximate surface area is 166 Å². The molecular weight excluding hydrogens is 382 g/mol. The van der Waals surface area contributed by atoms with E-state index in [-0.39, 0.29) is 29.6 Å². The molecule has 2 fully saturated rings. The first-order valence-corrected chi connectivity index (χ1v) is 12.4. The lowest BCUT2D eigenvalue weighted by Crippen LogP contribution is -2.46. The molecule has 1 aromatic carbocycles. The first-order valence-electron chi connectivity index (χ1n) is 9.57. The number of amides is 1. The Morgan fingerprint density at radius 2 is 1.93 bits per heavy atom. The fourth-order valence-corrected chi connectivity index (χ4v) is 6.83. The lowest BCUT2D eigenvalue weighted by molar-refractivity contribution is -0.131. The second-order valence-electron chi connectivity index (χ2n) is 7.75. The SMILES string of the molecule is Cc1cc(C)c(SCC(=O)N(CC2CCCO2)C2CCS(=O)(=O)C2)c(C)c1. The Morgan fingerprint density at radius 1 is 1.22 bits per heavy atom. The van der Waals surface area contributed by atoms with Crippen LogP contribution in [0.5, 0.6) is 0 Å². The van der Waals surface area contributed by atoms with Crippen LogP contribution >= 0.6 is 11.8 Å². The summed E-state index contributed by atoms with van der Waals surface area (Å²) >= 11 is 1.55. The van der Waals surface area contributed by atoms with E-state index in [0.717, 1.165) is 24.3 Å². The molecule has 5 nitrogen and oxygen atoms in total. The van der Waals surface area contributed by atoms with Gasteiger partial charge >= 0.3 is 0 Å². The number of sulfone groups is 1. The van der Waals surface area contributed by atoms with E-state index in [4.69, 9.17) is 4.74 Å². The number of carbonyl (C=O) groups excluding carboxylic acids is 1. The number of hydrogen-bond acceptors (Lipinski definition) is 5. The molecule has 2 heterocycles. The Balaban J connectivity index is 1.70. The third-order valence-corrected chi connectivity index (χ3v) is 8.41. The van der Waals surface area contributed by atoms with Crippen LogP contribution in [-0.2, 0) is 19.4 Å². The summed E-state index contributed by atoms with van der Waals surface area (Å²) in [5.41, 5.74) is 3.58. The predicted octanol–water partition coefficient (Wildman–Crippen LogP) is 2.90. The lowest BCUT2D eigenvalue weighted by atomic mass is 10.1. The quantitative estimate of drug-likeness (QED) is 0.674. The summed E-state index contributed by atoms with van der Waals surface area (Å²) in [7, 11) is -3.03. The summed E-state index contributed by atoms with van der Waals surface area (Å²) < 4.78 is 29.6. The fourth-order valence-electron chi connectivity index (χ4n) is 4.09. The van der Waals surface area contributed by atoms with Gasteiger partial charge in [0.25, 0.3) is 0 Å². The second kappa shape index (κ2) is 8.53. The molecule has 0 radical (unpaired) electrons. The maximum Gasteiger partial charge on any atom is 0.233 e. The summed E-state index contributed by atoms with van der Waals surface area (Å²) in [5, 5.41) is 0. The molecule has 1 amide bonds. The largest absolute Gasteiger partial charge is 0.376 e. The van der Waals surface area contributed by atoms with Crippen molar-refractivity contribution in [2.24, 2.45) is 0 Å². The second-order valence-corrected chi connectivity index (χ2v) is 11.0. The van der Waals surface area contributed by atoms with Gasteiger partial charge in [-0.2, -0.15) is 0 Å². The molecule has 2 unspecified atom stereocenters. The molecule has 7 heteroatoms. The van der Waals surface area contributed by atoms with Crippen molar-refractivity contribution in [1.29, 1.82) is 0 Å². The molecule has 0 N–H and O–H groups in total. The average molecular weight is 412 g/mol. The Morgan fingerprint density at radius 3 is 2.48 bits per heavy atom. The van der Waals surface area contributed by atoms with Crippen molar-refractivity contribution in [3.05, 3.63) is 28.8 Å². The molecule has 0 aromatic heterocycles. The van der Waals surface area contributed by atoms with Crippen molar-refractivity contribution >= 4 is 27.5 Å². The van der Waals surface area contributed by atoms with Gasteiger partial charge in [0.2, 0.25) is 5.91 Å². The molecule has 2 saturated heterocycles. The molecule has 0 spiro atoms. The van der Waals surface area contributed by atoms with E-state index in [0.29, 0.717) is 18.7 Å². The summed E-state index contributed by atoms with van der Waals surface area (Å²) in [6, 6.07) is 4.05. The van der Waals surface area contributed by atoms with Crippen LogP contribution in [-0.4, -0.2) is 61.8 Å². The summed E-state index contributed by atoms with van der Waals surface area (Å²) in [5.74, 6) is 0.597. The third-order valence-electron chi connectivity index (χ3n) is 5.34. The number of aryl methyl sites for hydroxylation is 3. The highest BCUT2D eigenvalue weighted by atomic mass is 32.2. The highest BCUT2D eigenvalue weighted by Crippen LogP contribution is 2.29. The van der Waals surface area contributed by atoms with Crippen LogP contribution in [0.2, 0.25) is 0 Å². The van der Waals surface area contributed by atoms with Gasteiger partial charge in [0, 0.05) is 24.1 Å². The summed E-state index contributed by atoms with van der Waals surface area (Å²) in [6.07, 6.45) is 2.51. The minimum atomic E-state index is -3.03. The molecule has 150 valence electrons. The minimum absolute atomic E-state index is 0.0111. The molecule has 2 aliphatic rings. The van der Waals surface area contributed by atoms with E-state index in [1.54, 1.807) is 16.7 Å². The molecule has 2 aliphatic heterocycles. The first kappa shape index (κ1) is 20.7. The first-order chi connectivity index (χ1) is 12.7. The molecule has 0 aliphatic carbocycles. The van der Waals surface area contributed by atoms with E-state index in [2.05, 4.69) is 32.9 Å². The number of carbonyl (C=O) groups is 1. The van der Waals surface area contributed by atoms with E-state index in [9.17, 15) is 13.2 Å². The van der Waals surface area contributed by atoms with E-state index < -0.39 is 9.84 Å². The average Bonchev–Trinajstić information content (AvgIpc) is 3.20. The van der Waals surface area contributed by atoms with Gasteiger partial charge < -0.3 is 9.64 Å². The molecule has 0 saturated carbocycles. The zero-order chi connectivity index (χ0) is 19.6. The van der Waals surface area contributed by atoms with Crippen LogP contribution in [0.15, 0.2) is 17.0 Å². The topological polar surface area (TPSA) is 63.7 Å². The van der Waals surface area contributed by atoms with Gasteiger partial charge in [-0.25, -0.2) is 8.42 Å². The number of benzene rings is 1. The zero-order valence-corrected chi connectivity index (χ0v) is 18.0. The van der Waals surface area contributed by atoms with Crippen LogP contribution in [0.25, 0.3) is 0 Å². The number of hydrogen-bond donors (Lipinski definition) is 0. The van der Waals surface area contributed by atoms with Crippen LogP contribution in [0.3, 0.4) is 0 Å². The molecule has 3 rings (SSSR count). The smallest absolute Gasteiger partial charge is 0.233 e. The maximum absolute atomic E-state index is 13.0. The van der Waals surface area contributed by atoms with Crippen molar-refractivity contribution in [1.82, 2.24) is 4.90 Å². The molecule has 2 atom stereocenters. The van der Waals surface area contributed by atoms with Crippen LogP contribution in [0.4, 0.5) is 0 Å². The normalized spacial score (nSPS) is 24.3. The van der Waals surface area contributed by atoms with Gasteiger partial charge in [-0.15, -0.1) is 11.8 Å². The van der Waals surface area contributed by atoms with E-state index in [1.165, 1.54) is 16.7 Å². The highest BCUT2D eigenvalue weighted by molar-refractivity contribution is 8.00. The minimum Gasteiger partial charge on any atom is -0.376 e. The third kappa shape index (κ3) is 5.27. The van der Waals surface area contributed by atoms with E-state index >= 15 is 0 Å². The van der Waals surface area contributed by atoms with Crippen molar-refractivity contribution in [3.8, 4) is 0 Å². The Kier molecular flexibility index (Phi) is 6.54. The van der Waals surface area contributed by atoms with Gasteiger partial charge in [-0.05, 0) is 51.2 Å². The van der Waals surface area contributed by atoms with Crippen LogP contribution in [0.1, 0.15) is 36.0 Å². The molecule has 1 aromatic rings. The Hall–Kier alpha value is -1.05. The molecule has 0 bridgehead atoms. The summed E-state index contributed by atoms with van der Waals surface area (Å²) in [4.78, 5) is 16.0. The predicted molar refractivity (Wildman–Crippen MR) is 109 cm³/mol. The zero-order valence-electron chi connectivity index (χ0n) is 16.4. The van der Waals surface area contributed by atoms with Gasteiger partial charge in [0.1, 0.15) is 0 Å². The van der Waals surface area contributed by atoms with Gasteiger partial charge in [-0.1, -0.05) is 17.7 Å². The maximum atomic E-state index is 13.0. The van der Waals surface area contributed by atoms with Crippen molar-refractivity contribution < 1.29 is 17.9 Å². The number of rotatable bonds is 6. The van der Waals surface area contributed by atoms with Crippen molar-refractivity contribution in [3.63, 3.8) is 0 Å².